The summed E-state index contributed by atoms with van der Waals surface area (Å²) >= 11 is 0. The van der Waals surface area contributed by atoms with Gasteiger partial charge in [-0.05, 0) is 32.1 Å². The average molecular weight is 159 g/mol. The highest BCUT2D eigenvalue weighted by molar-refractivity contribution is 4.81. The van der Waals surface area contributed by atoms with Crippen LogP contribution in [-0.2, 0) is 0 Å². The lowest BCUT2D eigenvalue weighted by Crippen LogP contribution is -2.37. The van der Waals surface area contributed by atoms with E-state index in [1.165, 1.54) is 0 Å². The van der Waals surface area contributed by atoms with Crippen LogP contribution in [0.1, 0.15) is 40.5 Å². The second kappa shape index (κ2) is 3.55. The molecule has 0 fully saturated rings. The maximum absolute atomic E-state index is 8.76. The van der Waals surface area contributed by atoms with Gasteiger partial charge in [0.25, 0.3) is 0 Å². The van der Waals surface area contributed by atoms with Crippen LogP contribution in [0.4, 0.5) is 0 Å². The summed E-state index contributed by atoms with van der Waals surface area (Å²) in [6.45, 7) is 8.57. The molecule has 0 unspecified atom stereocenters. The fourth-order valence-electron chi connectivity index (χ4n) is 1.62. The molecular weight excluding hydrogens is 138 g/mol. The van der Waals surface area contributed by atoms with Gasteiger partial charge in [0.1, 0.15) is 0 Å². The van der Waals surface area contributed by atoms with Crippen LogP contribution in [0.15, 0.2) is 0 Å². The van der Waals surface area contributed by atoms with Gasteiger partial charge in [0.05, 0.1) is 0 Å². The summed E-state index contributed by atoms with van der Waals surface area (Å²) < 4.78 is 0. The van der Waals surface area contributed by atoms with Crippen molar-refractivity contribution in [1.82, 2.24) is 0 Å². The molecule has 0 aliphatic heterocycles. The highest BCUT2D eigenvalue weighted by atomic mass is 16.3. The normalized spacial score (nSPS) is 13.6. The fourth-order valence-corrected chi connectivity index (χ4v) is 1.62. The van der Waals surface area contributed by atoms with Crippen LogP contribution in [0.3, 0.4) is 0 Å². The van der Waals surface area contributed by atoms with E-state index in [0.717, 1.165) is 12.8 Å². The molecule has 0 aliphatic rings. The molecule has 0 spiro atoms. The number of aliphatic hydroxyl groups is 1. The lowest BCUT2D eigenvalue weighted by atomic mass is 9.78. The summed E-state index contributed by atoms with van der Waals surface area (Å²) in [7, 11) is 0. The van der Waals surface area contributed by atoms with E-state index in [4.69, 9.17) is 10.8 Å². The molecule has 11 heavy (non-hydrogen) atoms. The molecule has 0 aliphatic carbocycles. The van der Waals surface area contributed by atoms with Crippen LogP contribution in [0.2, 0.25) is 0 Å². The Morgan fingerprint density at radius 3 is 1.91 bits per heavy atom. The Morgan fingerprint density at radius 1 is 1.18 bits per heavy atom. The van der Waals surface area contributed by atoms with E-state index < -0.39 is 0 Å². The minimum atomic E-state index is -0.126. The second-order valence-electron chi connectivity index (χ2n) is 4.80. The zero-order valence-electron chi connectivity index (χ0n) is 8.15. The summed E-state index contributed by atoms with van der Waals surface area (Å²) in [5.74, 6) is 0. The van der Waals surface area contributed by atoms with Gasteiger partial charge in [-0.1, -0.05) is 13.8 Å². The highest BCUT2D eigenvalue weighted by Gasteiger charge is 2.24. The summed E-state index contributed by atoms with van der Waals surface area (Å²) in [6.07, 6.45) is 1.77. The molecule has 0 aromatic carbocycles. The highest BCUT2D eigenvalue weighted by Crippen LogP contribution is 2.29. The first kappa shape index (κ1) is 10.9. The molecule has 68 valence electrons. The van der Waals surface area contributed by atoms with Crippen LogP contribution < -0.4 is 5.73 Å². The largest absolute Gasteiger partial charge is 0.396 e. The maximum Gasteiger partial charge on any atom is 0.0436 e. The predicted octanol–water partition coefficient (Wildman–Crippen LogP) is 1.52. The van der Waals surface area contributed by atoms with E-state index >= 15 is 0 Å². The predicted molar refractivity (Wildman–Crippen MR) is 48.4 cm³/mol. The SMILES string of the molecule is CC(C)(N)CC(C)(C)CCO. The Hall–Kier alpha value is -0.0800. The molecule has 2 nitrogen and oxygen atoms in total. The Balaban J connectivity index is 3.91. The third-order valence-electron chi connectivity index (χ3n) is 1.72. The summed E-state index contributed by atoms with van der Waals surface area (Å²) in [5, 5.41) is 8.76. The van der Waals surface area contributed by atoms with Crippen LogP contribution in [0.5, 0.6) is 0 Å². The third kappa shape index (κ3) is 6.32. The minimum absolute atomic E-state index is 0.126. The van der Waals surface area contributed by atoms with Crippen LogP contribution in [0, 0.1) is 5.41 Å². The van der Waals surface area contributed by atoms with Gasteiger partial charge in [0, 0.05) is 12.1 Å². The molecule has 0 amide bonds. The lowest BCUT2D eigenvalue weighted by Gasteiger charge is -2.31. The van der Waals surface area contributed by atoms with E-state index in [9.17, 15) is 0 Å². The van der Waals surface area contributed by atoms with Gasteiger partial charge in [-0.15, -0.1) is 0 Å². The molecule has 0 aromatic heterocycles. The van der Waals surface area contributed by atoms with Crippen molar-refractivity contribution in [3.63, 3.8) is 0 Å². The smallest absolute Gasteiger partial charge is 0.0436 e. The molecule has 0 atom stereocenters. The van der Waals surface area contributed by atoms with E-state index in [2.05, 4.69) is 13.8 Å². The molecule has 0 saturated heterocycles. The van der Waals surface area contributed by atoms with E-state index in [0.29, 0.717) is 0 Å². The van der Waals surface area contributed by atoms with Gasteiger partial charge in [-0.2, -0.15) is 0 Å². The zero-order chi connectivity index (χ0) is 9.12. The molecule has 2 heteroatoms. The first-order valence-corrected chi connectivity index (χ1v) is 4.17. The van der Waals surface area contributed by atoms with Crippen molar-refractivity contribution in [2.45, 2.75) is 46.1 Å². The summed E-state index contributed by atoms with van der Waals surface area (Å²) in [6, 6.07) is 0. The van der Waals surface area contributed by atoms with Gasteiger partial charge in [0.15, 0.2) is 0 Å². The molecular formula is C9H21NO. The quantitative estimate of drug-likeness (QED) is 0.653. The lowest BCUT2D eigenvalue weighted by molar-refractivity contribution is 0.177. The molecule has 0 aromatic rings. The van der Waals surface area contributed by atoms with E-state index in [-0.39, 0.29) is 17.6 Å². The standard InChI is InChI=1S/C9H21NO/c1-8(2,5-6-11)7-9(3,4)10/h11H,5-7,10H2,1-4H3. The van der Waals surface area contributed by atoms with Crippen molar-refractivity contribution in [3.05, 3.63) is 0 Å². The number of aliphatic hydroxyl groups excluding tert-OH is 1. The monoisotopic (exact) mass is 159 g/mol. The number of nitrogens with two attached hydrogens (primary N) is 1. The Labute approximate surface area is 69.8 Å². The Morgan fingerprint density at radius 2 is 1.64 bits per heavy atom. The topological polar surface area (TPSA) is 46.2 Å². The fraction of sp³-hybridized carbons (Fsp3) is 1.00. The van der Waals surface area contributed by atoms with Gasteiger partial charge in [0.2, 0.25) is 0 Å². The van der Waals surface area contributed by atoms with E-state index in [1.807, 2.05) is 13.8 Å². The maximum atomic E-state index is 8.76. The first-order chi connectivity index (χ1) is 4.77. The summed E-state index contributed by atoms with van der Waals surface area (Å²) in [4.78, 5) is 0. The van der Waals surface area contributed by atoms with Gasteiger partial charge >= 0.3 is 0 Å². The summed E-state index contributed by atoms with van der Waals surface area (Å²) in [5.41, 5.74) is 5.90. The molecule has 0 bridgehead atoms. The van der Waals surface area contributed by atoms with Crippen molar-refractivity contribution in [2.75, 3.05) is 6.61 Å². The molecule has 0 saturated carbocycles. The second-order valence-corrected chi connectivity index (χ2v) is 4.80. The number of hydrogen-bond acceptors (Lipinski definition) is 2. The molecule has 0 heterocycles. The zero-order valence-corrected chi connectivity index (χ0v) is 8.15. The average Bonchev–Trinajstić information content (AvgIpc) is 1.55. The Kier molecular flexibility index (Phi) is 3.52. The van der Waals surface area contributed by atoms with Gasteiger partial charge in [-0.25, -0.2) is 0 Å². The van der Waals surface area contributed by atoms with Crippen molar-refractivity contribution < 1.29 is 5.11 Å². The third-order valence-corrected chi connectivity index (χ3v) is 1.72. The van der Waals surface area contributed by atoms with Gasteiger partial charge in [-0.3, -0.25) is 0 Å². The van der Waals surface area contributed by atoms with Crippen molar-refractivity contribution in [3.8, 4) is 0 Å². The van der Waals surface area contributed by atoms with Crippen LogP contribution >= 0.6 is 0 Å². The minimum Gasteiger partial charge on any atom is -0.396 e. The molecule has 0 rings (SSSR count). The molecule has 3 N–H and O–H groups in total. The number of rotatable bonds is 4. The van der Waals surface area contributed by atoms with Crippen molar-refractivity contribution in [2.24, 2.45) is 11.1 Å². The van der Waals surface area contributed by atoms with Crippen molar-refractivity contribution >= 4 is 0 Å². The molecule has 0 radical (unpaired) electrons. The van der Waals surface area contributed by atoms with E-state index in [1.54, 1.807) is 0 Å². The number of hydrogen-bond donors (Lipinski definition) is 2. The van der Waals surface area contributed by atoms with Crippen molar-refractivity contribution in [1.29, 1.82) is 0 Å². The Bertz CT molecular complexity index is 113. The van der Waals surface area contributed by atoms with Crippen LogP contribution in [0.25, 0.3) is 0 Å². The first-order valence-electron chi connectivity index (χ1n) is 4.17. The van der Waals surface area contributed by atoms with Crippen LogP contribution in [-0.4, -0.2) is 17.3 Å². The van der Waals surface area contributed by atoms with Gasteiger partial charge < -0.3 is 10.8 Å².